The summed E-state index contributed by atoms with van der Waals surface area (Å²) < 4.78 is 2.67. The van der Waals surface area contributed by atoms with Crippen molar-refractivity contribution in [1.82, 2.24) is 9.47 Å². The zero-order valence-electron chi connectivity index (χ0n) is 21.4. The van der Waals surface area contributed by atoms with E-state index in [1.807, 2.05) is 0 Å². The van der Waals surface area contributed by atoms with Crippen LogP contribution in [0.15, 0.2) is 36.4 Å². The van der Waals surface area contributed by atoms with E-state index < -0.39 is 0 Å². The van der Waals surface area contributed by atoms with Gasteiger partial charge in [0.25, 0.3) is 0 Å². The lowest BCUT2D eigenvalue weighted by molar-refractivity contribution is 0.233. The van der Waals surface area contributed by atoms with Crippen LogP contribution in [0.1, 0.15) is 74.8 Å². The lowest BCUT2D eigenvalue weighted by atomic mass is 9.81. The third kappa shape index (κ3) is 4.62. The van der Waals surface area contributed by atoms with Gasteiger partial charge < -0.3 is 14.4 Å². The molecule has 1 saturated heterocycles. The van der Waals surface area contributed by atoms with Crippen LogP contribution >= 0.6 is 11.6 Å². The van der Waals surface area contributed by atoms with E-state index in [1.54, 1.807) is 5.56 Å². The van der Waals surface area contributed by atoms with E-state index in [2.05, 4.69) is 57.7 Å². The highest BCUT2D eigenvalue weighted by molar-refractivity contribution is 6.31. The average molecular weight is 490 g/mol. The Bertz CT molecular complexity index is 1180. The molecular formula is C31H40ClN3. The van der Waals surface area contributed by atoms with Gasteiger partial charge in [0.15, 0.2) is 0 Å². The molecule has 3 aliphatic rings. The largest absolute Gasteiger partial charge is 0.370 e. The van der Waals surface area contributed by atoms with Crippen molar-refractivity contribution in [2.45, 2.75) is 77.2 Å². The monoisotopic (exact) mass is 489 g/mol. The van der Waals surface area contributed by atoms with E-state index in [0.29, 0.717) is 5.92 Å². The SMILES string of the molecule is Cc1ccc2c(C3CCCCC3)c3n(c2c1)CCCN(CCN1CCCCC1)c1cc(Cl)ccc1-3. The number of aryl methyl sites for hydroxylation is 2. The van der Waals surface area contributed by atoms with Crippen molar-refractivity contribution in [2.75, 3.05) is 37.6 Å². The van der Waals surface area contributed by atoms with Gasteiger partial charge in [-0.05, 0) is 93.4 Å². The van der Waals surface area contributed by atoms with Crippen LogP contribution in [-0.2, 0) is 6.54 Å². The Hall–Kier alpha value is -1.97. The first-order chi connectivity index (χ1) is 17.2. The smallest absolute Gasteiger partial charge is 0.0547 e. The lowest BCUT2D eigenvalue weighted by Gasteiger charge is -2.34. The van der Waals surface area contributed by atoms with Crippen molar-refractivity contribution < 1.29 is 0 Å². The number of hydrogen-bond acceptors (Lipinski definition) is 2. The average Bonchev–Trinajstić information content (AvgIpc) is 3.18. The maximum absolute atomic E-state index is 6.66. The molecule has 0 atom stereocenters. The number of hydrogen-bond donors (Lipinski definition) is 0. The van der Waals surface area contributed by atoms with Gasteiger partial charge in [0, 0.05) is 53.4 Å². The molecule has 0 unspecified atom stereocenters. The normalized spacial score (nSPS) is 19.9. The molecule has 2 aliphatic heterocycles. The summed E-state index contributed by atoms with van der Waals surface area (Å²) in [6.07, 6.45) is 12.0. The van der Waals surface area contributed by atoms with Crippen LogP contribution in [0.25, 0.3) is 22.2 Å². The van der Waals surface area contributed by atoms with Crippen molar-refractivity contribution in [1.29, 1.82) is 0 Å². The van der Waals surface area contributed by atoms with Gasteiger partial charge in [0.2, 0.25) is 0 Å². The van der Waals surface area contributed by atoms with Crippen molar-refractivity contribution in [3.8, 4) is 11.3 Å². The third-order valence-electron chi connectivity index (χ3n) is 8.77. The van der Waals surface area contributed by atoms with Crippen LogP contribution in [0.4, 0.5) is 5.69 Å². The summed E-state index contributed by atoms with van der Waals surface area (Å²) in [4.78, 5) is 5.31. The van der Waals surface area contributed by atoms with Gasteiger partial charge >= 0.3 is 0 Å². The van der Waals surface area contributed by atoms with Crippen LogP contribution in [0.2, 0.25) is 5.02 Å². The minimum absolute atomic E-state index is 0.662. The maximum atomic E-state index is 6.66. The number of anilines is 1. The van der Waals surface area contributed by atoms with E-state index in [1.165, 1.54) is 104 Å². The summed E-state index contributed by atoms with van der Waals surface area (Å²) >= 11 is 6.66. The first-order valence-electron chi connectivity index (χ1n) is 14.1. The zero-order chi connectivity index (χ0) is 23.8. The van der Waals surface area contributed by atoms with Crippen molar-refractivity contribution in [2.24, 2.45) is 0 Å². The first-order valence-corrected chi connectivity index (χ1v) is 14.5. The van der Waals surface area contributed by atoms with Gasteiger partial charge in [0.05, 0.1) is 5.69 Å². The van der Waals surface area contributed by atoms with Crippen LogP contribution in [-0.4, -0.2) is 42.2 Å². The Morgan fingerprint density at radius 2 is 1.60 bits per heavy atom. The van der Waals surface area contributed by atoms with E-state index in [-0.39, 0.29) is 0 Å². The predicted octanol–water partition coefficient (Wildman–Crippen LogP) is 8.01. The molecule has 2 fully saturated rings. The Balaban J connectivity index is 1.48. The third-order valence-corrected chi connectivity index (χ3v) is 9.01. The highest BCUT2D eigenvalue weighted by Gasteiger charge is 2.29. The lowest BCUT2D eigenvalue weighted by Crippen LogP contribution is -2.39. The zero-order valence-corrected chi connectivity index (χ0v) is 22.1. The minimum Gasteiger partial charge on any atom is -0.370 e. The molecule has 3 heterocycles. The Labute approximate surface area is 216 Å². The topological polar surface area (TPSA) is 11.4 Å². The fraction of sp³-hybridized carbons (Fsp3) is 0.548. The number of fused-ring (bicyclic) bond motifs is 5. The second-order valence-electron chi connectivity index (χ2n) is 11.2. The number of likely N-dealkylation sites (tertiary alicyclic amines) is 1. The van der Waals surface area contributed by atoms with Crippen LogP contribution < -0.4 is 4.90 Å². The Morgan fingerprint density at radius 1 is 0.800 bits per heavy atom. The van der Waals surface area contributed by atoms with E-state index in [0.717, 1.165) is 31.2 Å². The molecule has 0 radical (unpaired) electrons. The number of halogens is 1. The number of rotatable bonds is 4. The fourth-order valence-electron chi connectivity index (χ4n) is 7.00. The van der Waals surface area contributed by atoms with Crippen LogP contribution in [0, 0.1) is 6.92 Å². The summed E-state index contributed by atoms with van der Waals surface area (Å²) in [5.74, 6) is 0.662. The highest BCUT2D eigenvalue weighted by atomic mass is 35.5. The molecule has 1 aromatic heterocycles. The molecule has 6 rings (SSSR count). The number of aromatic nitrogens is 1. The van der Waals surface area contributed by atoms with Gasteiger partial charge in [0.1, 0.15) is 0 Å². The van der Waals surface area contributed by atoms with Crippen LogP contribution in [0.3, 0.4) is 0 Å². The molecule has 0 bridgehead atoms. The molecule has 2 aromatic carbocycles. The van der Waals surface area contributed by atoms with Gasteiger partial charge in [-0.2, -0.15) is 0 Å². The van der Waals surface area contributed by atoms with E-state index >= 15 is 0 Å². The van der Waals surface area contributed by atoms with Crippen molar-refractivity contribution in [3.05, 3.63) is 52.5 Å². The molecule has 0 amide bonds. The molecular weight excluding hydrogens is 450 g/mol. The molecule has 0 spiro atoms. The predicted molar refractivity (Wildman–Crippen MR) is 150 cm³/mol. The summed E-state index contributed by atoms with van der Waals surface area (Å²) in [5.41, 5.74) is 8.61. The van der Waals surface area contributed by atoms with Crippen molar-refractivity contribution >= 4 is 28.2 Å². The molecule has 4 heteroatoms. The summed E-state index contributed by atoms with van der Waals surface area (Å²) in [6, 6.07) is 13.8. The van der Waals surface area contributed by atoms with Gasteiger partial charge in [-0.15, -0.1) is 0 Å². The summed E-state index contributed by atoms with van der Waals surface area (Å²) in [5, 5.41) is 2.34. The number of nitrogens with zero attached hydrogens (tertiary/aromatic N) is 3. The molecule has 35 heavy (non-hydrogen) atoms. The summed E-state index contributed by atoms with van der Waals surface area (Å²) in [7, 11) is 0. The second-order valence-corrected chi connectivity index (χ2v) is 11.6. The molecule has 186 valence electrons. The quantitative estimate of drug-likeness (QED) is 0.367. The Morgan fingerprint density at radius 3 is 2.43 bits per heavy atom. The van der Waals surface area contributed by atoms with E-state index in [9.17, 15) is 0 Å². The van der Waals surface area contributed by atoms with Gasteiger partial charge in [-0.25, -0.2) is 0 Å². The van der Waals surface area contributed by atoms with Crippen LogP contribution in [0.5, 0.6) is 0 Å². The highest BCUT2D eigenvalue weighted by Crippen LogP contribution is 2.47. The Kier molecular flexibility index (Phi) is 6.82. The van der Waals surface area contributed by atoms with Gasteiger partial charge in [-0.3, -0.25) is 0 Å². The van der Waals surface area contributed by atoms with Crippen molar-refractivity contribution in [3.63, 3.8) is 0 Å². The molecule has 1 saturated carbocycles. The molecule has 1 aliphatic carbocycles. The minimum atomic E-state index is 0.662. The van der Waals surface area contributed by atoms with E-state index in [4.69, 9.17) is 11.6 Å². The summed E-state index contributed by atoms with van der Waals surface area (Å²) in [6.45, 7) is 9.17. The fourth-order valence-corrected chi connectivity index (χ4v) is 7.16. The first kappa shape index (κ1) is 23.4. The second kappa shape index (κ2) is 10.2. The molecule has 3 nitrogen and oxygen atoms in total. The standard InChI is InChI=1S/C31H40ClN3/c1-23-11-13-26-29(21-23)35-18-8-17-34(20-19-33-15-6-3-7-16-33)28-22-25(32)12-14-27(28)31(35)30(26)24-9-4-2-5-10-24/h11-14,21-22,24H,2-10,15-20H2,1H3. The molecule has 0 N–H and O–H groups in total. The number of piperidine rings is 1. The number of benzene rings is 2. The van der Waals surface area contributed by atoms with Gasteiger partial charge in [-0.1, -0.05) is 49.4 Å². The molecule has 3 aromatic rings. The maximum Gasteiger partial charge on any atom is 0.0547 e.